The van der Waals surface area contributed by atoms with Crippen LogP contribution in [0.5, 0.6) is 11.5 Å². The van der Waals surface area contributed by atoms with Crippen molar-refractivity contribution in [2.45, 2.75) is 12.7 Å². The molecular weight excluding hydrogens is 302 g/mol. The molecule has 1 aromatic carbocycles. The van der Waals surface area contributed by atoms with Gasteiger partial charge in [-0.2, -0.15) is 0 Å². The van der Waals surface area contributed by atoms with Crippen LogP contribution in [0.3, 0.4) is 0 Å². The molecule has 0 aliphatic rings. The van der Waals surface area contributed by atoms with Crippen LogP contribution in [-0.4, -0.2) is 70.1 Å². The zero-order valence-corrected chi connectivity index (χ0v) is 13.8. The Morgan fingerprint density at radius 1 is 1.09 bits per heavy atom. The van der Waals surface area contributed by atoms with Gasteiger partial charge in [0.2, 0.25) is 0 Å². The molecule has 23 heavy (non-hydrogen) atoms. The minimum atomic E-state index is -0.590. The molecule has 7 nitrogen and oxygen atoms in total. The Kier molecular flexibility index (Phi) is 10.3. The molecule has 1 atom stereocenters. The van der Waals surface area contributed by atoms with Crippen molar-refractivity contribution in [3.8, 4) is 11.5 Å². The zero-order valence-electron chi connectivity index (χ0n) is 13.8. The van der Waals surface area contributed by atoms with Gasteiger partial charge in [-0.1, -0.05) is 6.07 Å². The Bertz CT molecular complexity index is 429. The number of aliphatic hydroxyl groups is 2. The van der Waals surface area contributed by atoms with E-state index in [1.54, 1.807) is 14.2 Å². The highest BCUT2D eigenvalue weighted by molar-refractivity contribution is 5.42. The number of methoxy groups -OCH3 is 2. The van der Waals surface area contributed by atoms with Crippen LogP contribution in [0, 0.1) is 0 Å². The van der Waals surface area contributed by atoms with Gasteiger partial charge in [0.25, 0.3) is 0 Å². The number of hydrogen-bond donors (Lipinski definition) is 3. The van der Waals surface area contributed by atoms with Crippen LogP contribution in [0.2, 0.25) is 0 Å². The topological polar surface area (TPSA) is 89.4 Å². The summed E-state index contributed by atoms with van der Waals surface area (Å²) in [5.41, 5.74) is 0.945. The van der Waals surface area contributed by atoms with Crippen molar-refractivity contribution in [1.29, 1.82) is 0 Å². The van der Waals surface area contributed by atoms with E-state index >= 15 is 0 Å². The van der Waals surface area contributed by atoms with E-state index < -0.39 is 6.10 Å². The second-order valence-corrected chi connectivity index (χ2v) is 4.90. The summed E-state index contributed by atoms with van der Waals surface area (Å²) < 4.78 is 21.0. The van der Waals surface area contributed by atoms with Crippen molar-refractivity contribution >= 4 is 0 Å². The predicted molar refractivity (Wildman–Crippen MR) is 86.0 cm³/mol. The van der Waals surface area contributed by atoms with E-state index in [1.807, 2.05) is 18.2 Å². The Balaban J connectivity index is 2.18. The average molecular weight is 329 g/mol. The Labute approximate surface area is 137 Å². The number of benzene rings is 1. The van der Waals surface area contributed by atoms with Crippen LogP contribution in [0.1, 0.15) is 5.56 Å². The van der Waals surface area contributed by atoms with Crippen molar-refractivity contribution in [3.63, 3.8) is 0 Å². The first kappa shape index (κ1) is 19.7. The molecule has 0 aliphatic heterocycles. The van der Waals surface area contributed by atoms with Gasteiger partial charge in [-0.25, -0.2) is 0 Å². The first-order valence-corrected chi connectivity index (χ1v) is 7.57. The van der Waals surface area contributed by atoms with Crippen LogP contribution in [0.4, 0.5) is 0 Å². The molecule has 0 saturated carbocycles. The molecule has 0 aliphatic carbocycles. The highest BCUT2D eigenvalue weighted by Crippen LogP contribution is 2.27. The highest BCUT2D eigenvalue weighted by Gasteiger charge is 2.07. The molecule has 1 aromatic rings. The molecule has 0 fully saturated rings. The molecule has 132 valence electrons. The largest absolute Gasteiger partial charge is 0.493 e. The van der Waals surface area contributed by atoms with Crippen LogP contribution in [-0.2, 0) is 16.1 Å². The third-order valence-electron chi connectivity index (χ3n) is 3.07. The monoisotopic (exact) mass is 329 g/mol. The van der Waals surface area contributed by atoms with Crippen molar-refractivity contribution in [1.82, 2.24) is 5.32 Å². The van der Waals surface area contributed by atoms with Gasteiger partial charge in [0.05, 0.1) is 53.4 Å². The predicted octanol–water partition coefficient (Wildman–Crippen LogP) is 0.180. The van der Waals surface area contributed by atoms with E-state index in [-0.39, 0.29) is 13.2 Å². The lowest BCUT2D eigenvalue weighted by molar-refractivity contribution is 0.0272. The molecule has 0 spiro atoms. The summed E-state index contributed by atoms with van der Waals surface area (Å²) in [7, 11) is 3.18. The molecule has 0 heterocycles. The molecule has 3 N–H and O–H groups in total. The van der Waals surface area contributed by atoms with Gasteiger partial charge in [-0.3, -0.25) is 0 Å². The molecular formula is C16H27NO6. The van der Waals surface area contributed by atoms with Gasteiger partial charge >= 0.3 is 0 Å². The minimum Gasteiger partial charge on any atom is -0.493 e. The fourth-order valence-electron chi connectivity index (χ4n) is 1.92. The summed E-state index contributed by atoms with van der Waals surface area (Å²) in [5, 5.41) is 21.4. The van der Waals surface area contributed by atoms with Gasteiger partial charge in [0.1, 0.15) is 0 Å². The van der Waals surface area contributed by atoms with Gasteiger partial charge in [0.15, 0.2) is 11.5 Å². The maximum Gasteiger partial charge on any atom is 0.161 e. The maximum atomic E-state index is 9.80. The molecule has 1 rings (SSSR count). The smallest absolute Gasteiger partial charge is 0.161 e. The van der Waals surface area contributed by atoms with Crippen LogP contribution < -0.4 is 14.8 Å². The molecule has 7 heteroatoms. The number of rotatable bonds is 13. The van der Waals surface area contributed by atoms with E-state index in [1.165, 1.54) is 0 Å². The highest BCUT2D eigenvalue weighted by atomic mass is 16.5. The summed E-state index contributed by atoms with van der Waals surface area (Å²) in [5.74, 6) is 1.32. The van der Waals surface area contributed by atoms with Crippen molar-refractivity contribution in [2.75, 3.05) is 53.7 Å². The molecule has 0 unspecified atom stereocenters. The van der Waals surface area contributed by atoms with E-state index in [4.69, 9.17) is 24.1 Å². The second kappa shape index (κ2) is 12.1. The van der Waals surface area contributed by atoms with Crippen molar-refractivity contribution in [3.05, 3.63) is 23.8 Å². The van der Waals surface area contributed by atoms with Gasteiger partial charge in [-0.15, -0.1) is 0 Å². The number of nitrogens with one attached hydrogen (secondary N) is 1. The standard InChI is InChI=1S/C16H27NO6/c1-20-15-4-3-13(9-16(15)21-2)11-23-12-14(19)10-17-5-7-22-8-6-18/h3-4,9,14,17-19H,5-8,10-12H2,1-2H3/t14-/m1/s1. The van der Waals surface area contributed by atoms with Gasteiger partial charge in [0, 0.05) is 13.1 Å². The van der Waals surface area contributed by atoms with E-state index in [9.17, 15) is 5.11 Å². The van der Waals surface area contributed by atoms with Crippen LogP contribution in [0.15, 0.2) is 18.2 Å². The van der Waals surface area contributed by atoms with Gasteiger partial charge in [-0.05, 0) is 17.7 Å². The quantitative estimate of drug-likeness (QED) is 0.445. The van der Waals surface area contributed by atoms with E-state index in [0.717, 1.165) is 5.56 Å². The van der Waals surface area contributed by atoms with E-state index in [2.05, 4.69) is 5.32 Å². The van der Waals surface area contributed by atoms with E-state index in [0.29, 0.717) is 44.4 Å². The zero-order chi connectivity index (χ0) is 16.9. The molecule has 0 radical (unpaired) electrons. The lowest BCUT2D eigenvalue weighted by Crippen LogP contribution is -2.32. The molecule has 0 saturated heterocycles. The minimum absolute atomic E-state index is 0.0204. The summed E-state index contributed by atoms with van der Waals surface area (Å²) in [6.07, 6.45) is -0.590. The first-order valence-electron chi connectivity index (χ1n) is 7.57. The first-order chi connectivity index (χ1) is 11.2. The molecule has 0 aromatic heterocycles. The third-order valence-corrected chi connectivity index (χ3v) is 3.07. The van der Waals surface area contributed by atoms with Crippen LogP contribution >= 0.6 is 0 Å². The Morgan fingerprint density at radius 2 is 1.87 bits per heavy atom. The second-order valence-electron chi connectivity index (χ2n) is 4.90. The molecule has 0 bridgehead atoms. The summed E-state index contributed by atoms with van der Waals surface area (Å²) in [4.78, 5) is 0. The summed E-state index contributed by atoms with van der Waals surface area (Å²) >= 11 is 0. The molecule has 0 amide bonds. The fraction of sp³-hybridized carbons (Fsp3) is 0.625. The lowest BCUT2D eigenvalue weighted by Gasteiger charge is -2.13. The normalized spacial score (nSPS) is 12.2. The average Bonchev–Trinajstić information content (AvgIpc) is 2.57. The third kappa shape index (κ3) is 8.15. The Hall–Kier alpha value is -1.38. The van der Waals surface area contributed by atoms with Gasteiger partial charge < -0.3 is 34.5 Å². The van der Waals surface area contributed by atoms with Crippen molar-refractivity contribution < 1.29 is 29.2 Å². The number of ether oxygens (including phenoxy) is 4. The number of hydrogen-bond acceptors (Lipinski definition) is 7. The van der Waals surface area contributed by atoms with Crippen LogP contribution in [0.25, 0.3) is 0 Å². The fourth-order valence-corrected chi connectivity index (χ4v) is 1.92. The SMILES string of the molecule is COc1ccc(COC[C@H](O)CNCCOCCO)cc1OC. The van der Waals surface area contributed by atoms with Crippen molar-refractivity contribution in [2.24, 2.45) is 0 Å². The lowest BCUT2D eigenvalue weighted by atomic mass is 10.2. The summed E-state index contributed by atoms with van der Waals surface area (Å²) in [6, 6.07) is 5.56. The maximum absolute atomic E-state index is 9.80. The Morgan fingerprint density at radius 3 is 2.57 bits per heavy atom. The number of aliphatic hydroxyl groups excluding tert-OH is 2. The summed E-state index contributed by atoms with van der Waals surface area (Å²) in [6.45, 7) is 2.52.